The molecule has 0 saturated heterocycles. The van der Waals surface area contributed by atoms with Crippen LogP contribution < -0.4 is 10.1 Å². The second-order valence-corrected chi connectivity index (χ2v) is 3.98. The first-order chi connectivity index (χ1) is 8.13. The minimum absolute atomic E-state index is 0.217. The predicted octanol–water partition coefficient (Wildman–Crippen LogP) is 1.96. The number of aryl methyl sites for hydroxylation is 1. The SMILES string of the molecule is COc1ccc(CNCCCC(=O)O)cc1C. The summed E-state index contributed by atoms with van der Waals surface area (Å²) in [5, 5.41) is 11.7. The molecule has 4 nitrogen and oxygen atoms in total. The number of carbonyl (C=O) groups is 1. The standard InChI is InChI=1S/C13H19NO3/c1-10-8-11(5-6-12(10)17-2)9-14-7-3-4-13(15)16/h5-6,8,14H,3-4,7,9H2,1-2H3,(H,15,16). The van der Waals surface area contributed by atoms with Gasteiger partial charge in [-0.25, -0.2) is 0 Å². The third-order valence-electron chi connectivity index (χ3n) is 2.53. The summed E-state index contributed by atoms with van der Waals surface area (Å²) in [6.07, 6.45) is 0.874. The van der Waals surface area contributed by atoms with Gasteiger partial charge < -0.3 is 15.2 Å². The second-order valence-electron chi connectivity index (χ2n) is 3.98. The molecule has 0 fully saturated rings. The van der Waals surface area contributed by atoms with Crippen molar-refractivity contribution in [2.75, 3.05) is 13.7 Å². The van der Waals surface area contributed by atoms with Gasteiger partial charge in [0, 0.05) is 13.0 Å². The van der Waals surface area contributed by atoms with Crippen LogP contribution in [0.4, 0.5) is 0 Å². The molecule has 0 aliphatic heterocycles. The Labute approximate surface area is 102 Å². The van der Waals surface area contributed by atoms with Crippen LogP contribution in [0.2, 0.25) is 0 Å². The molecule has 0 aliphatic rings. The molecule has 0 radical (unpaired) electrons. The Morgan fingerprint density at radius 1 is 1.47 bits per heavy atom. The van der Waals surface area contributed by atoms with E-state index in [1.165, 1.54) is 5.56 Å². The van der Waals surface area contributed by atoms with Crippen molar-refractivity contribution < 1.29 is 14.6 Å². The van der Waals surface area contributed by atoms with Crippen LogP contribution in [0.25, 0.3) is 0 Å². The number of benzene rings is 1. The van der Waals surface area contributed by atoms with E-state index in [9.17, 15) is 4.79 Å². The molecular weight excluding hydrogens is 218 g/mol. The number of rotatable bonds is 7. The fraction of sp³-hybridized carbons (Fsp3) is 0.462. The third-order valence-corrected chi connectivity index (χ3v) is 2.53. The van der Waals surface area contributed by atoms with Gasteiger partial charge >= 0.3 is 5.97 Å². The lowest BCUT2D eigenvalue weighted by Gasteiger charge is -2.08. The van der Waals surface area contributed by atoms with Gasteiger partial charge in [-0.2, -0.15) is 0 Å². The molecule has 0 aromatic heterocycles. The van der Waals surface area contributed by atoms with Crippen molar-refractivity contribution in [1.29, 1.82) is 0 Å². The molecule has 0 saturated carbocycles. The summed E-state index contributed by atoms with van der Waals surface area (Å²) in [6, 6.07) is 6.03. The van der Waals surface area contributed by atoms with Crippen molar-refractivity contribution in [2.24, 2.45) is 0 Å². The van der Waals surface area contributed by atoms with E-state index in [0.29, 0.717) is 6.42 Å². The Balaban J connectivity index is 2.32. The highest BCUT2D eigenvalue weighted by Crippen LogP contribution is 2.18. The molecule has 1 aromatic carbocycles. The van der Waals surface area contributed by atoms with E-state index in [4.69, 9.17) is 9.84 Å². The normalized spacial score (nSPS) is 10.2. The monoisotopic (exact) mass is 237 g/mol. The van der Waals surface area contributed by atoms with E-state index < -0.39 is 5.97 Å². The van der Waals surface area contributed by atoms with Crippen LogP contribution in [0.3, 0.4) is 0 Å². The first-order valence-electron chi connectivity index (χ1n) is 5.69. The van der Waals surface area contributed by atoms with Crippen molar-refractivity contribution in [1.82, 2.24) is 5.32 Å². The molecule has 4 heteroatoms. The molecule has 0 amide bonds. The fourth-order valence-electron chi connectivity index (χ4n) is 1.65. The Hall–Kier alpha value is -1.55. The summed E-state index contributed by atoms with van der Waals surface area (Å²) in [5.74, 6) is 0.145. The van der Waals surface area contributed by atoms with Crippen LogP contribution in [0, 0.1) is 6.92 Å². The van der Waals surface area contributed by atoms with E-state index >= 15 is 0 Å². The maximum atomic E-state index is 10.3. The highest BCUT2D eigenvalue weighted by Gasteiger charge is 2.00. The molecule has 2 N–H and O–H groups in total. The number of aliphatic carboxylic acids is 1. The van der Waals surface area contributed by atoms with Crippen molar-refractivity contribution in [3.63, 3.8) is 0 Å². The average Bonchev–Trinajstić information content (AvgIpc) is 2.28. The van der Waals surface area contributed by atoms with Gasteiger partial charge in [-0.1, -0.05) is 12.1 Å². The third kappa shape index (κ3) is 4.87. The zero-order valence-corrected chi connectivity index (χ0v) is 10.3. The molecule has 0 aliphatic carbocycles. The number of hydrogen-bond donors (Lipinski definition) is 2. The number of methoxy groups -OCH3 is 1. The lowest BCUT2D eigenvalue weighted by atomic mass is 10.1. The summed E-state index contributed by atoms with van der Waals surface area (Å²) in [7, 11) is 1.66. The van der Waals surface area contributed by atoms with Gasteiger partial charge in [0.1, 0.15) is 5.75 Å². The van der Waals surface area contributed by atoms with Crippen LogP contribution in [-0.2, 0) is 11.3 Å². The van der Waals surface area contributed by atoms with Crippen LogP contribution in [0.15, 0.2) is 18.2 Å². The lowest BCUT2D eigenvalue weighted by molar-refractivity contribution is -0.137. The molecular formula is C13H19NO3. The van der Waals surface area contributed by atoms with Gasteiger partial charge in [-0.05, 0) is 37.1 Å². The zero-order valence-electron chi connectivity index (χ0n) is 10.3. The number of carboxylic acid groups (broad SMARTS) is 1. The van der Waals surface area contributed by atoms with E-state index in [1.807, 2.05) is 19.1 Å². The number of nitrogens with one attached hydrogen (secondary N) is 1. The highest BCUT2D eigenvalue weighted by molar-refractivity contribution is 5.66. The Morgan fingerprint density at radius 3 is 2.82 bits per heavy atom. The predicted molar refractivity (Wildman–Crippen MR) is 66.3 cm³/mol. The smallest absolute Gasteiger partial charge is 0.303 e. The van der Waals surface area contributed by atoms with Gasteiger partial charge in [0.2, 0.25) is 0 Å². The van der Waals surface area contributed by atoms with Crippen LogP contribution >= 0.6 is 0 Å². The van der Waals surface area contributed by atoms with Gasteiger partial charge in [-0.3, -0.25) is 4.79 Å². The molecule has 94 valence electrons. The summed E-state index contributed by atoms with van der Waals surface area (Å²) in [6.45, 7) is 3.48. The average molecular weight is 237 g/mol. The molecule has 0 heterocycles. The van der Waals surface area contributed by atoms with Crippen LogP contribution in [0.5, 0.6) is 5.75 Å². The van der Waals surface area contributed by atoms with E-state index in [0.717, 1.165) is 24.4 Å². The Morgan fingerprint density at radius 2 is 2.24 bits per heavy atom. The van der Waals surface area contributed by atoms with Gasteiger partial charge in [0.25, 0.3) is 0 Å². The first-order valence-corrected chi connectivity index (χ1v) is 5.69. The topological polar surface area (TPSA) is 58.6 Å². The molecule has 0 atom stereocenters. The summed E-state index contributed by atoms with van der Waals surface area (Å²) in [4.78, 5) is 10.3. The van der Waals surface area contributed by atoms with Crippen molar-refractivity contribution >= 4 is 5.97 Å². The summed E-state index contributed by atoms with van der Waals surface area (Å²) < 4.78 is 5.18. The van der Waals surface area contributed by atoms with E-state index in [1.54, 1.807) is 7.11 Å². The summed E-state index contributed by atoms with van der Waals surface area (Å²) >= 11 is 0. The number of hydrogen-bond acceptors (Lipinski definition) is 3. The second kappa shape index (κ2) is 6.91. The first kappa shape index (κ1) is 13.5. The van der Waals surface area contributed by atoms with Crippen molar-refractivity contribution in [3.8, 4) is 5.75 Å². The molecule has 0 spiro atoms. The molecule has 17 heavy (non-hydrogen) atoms. The maximum Gasteiger partial charge on any atom is 0.303 e. The van der Waals surface area contributed by atoms with Gasteiger partial charge in [-0.15, -0.1) is 0 Å². The molecule has 1 rings (SSSR count). The van der Waals surface area contributed by atoms with E-state index in [2.05, 4.69) is 11.4 Å². The quantitative estimate of drug-likeness (QED) is 0.712. The minimum Gasteiger partial charge on any atom is -0.496 e. The zero-order chi connectivity index (χ0) is 12.7. The summed E-state index contributed by atoms with van der Waals surface area (Å²) in [5.41, 5.74) is 2.29. The fourth-order valence-corrected chi connectivity index (χ4v) is 1.65. The maximum absolute atomic E-state index is 10.3. The lowest BCUT2D eigenvalue weighted by Crippen LogP contribution is -2.15. The van der Waals surface area contributed by atoms with Crippen LogP contribution in [0.1, 0.15) is 24.0 Å². The highest BCUT2D eigenvalue weighted by atomic mass is 16.5. The van der Waals surface area contributed by atoms with Gasteiger partial charge in [0.05, 0.1) is 7.11 Å². The van der Waals surface area contributed by atoms with E-state index in [-0.39, 0.29) is 6.42 Å². The Bertz CT molecular complexity index is 377. The van der Waals surface area contributed by atoms with Crippen LogP contribution in [-0.4, -0.2) is 24.7 Å². The van der Waals surface area contributed by atoms with Crippen molar-refractivity contribution in [3.05, 3.63) is 29.3 Å². The molecule has 0 unspecified atom stereocenters. The Kier molecular flexibility index (Phi) is 5.49. The molecule has 1 aromatic rings. The van der Waals surface area contributed by atoms with Crippen molar-refractivity contribution in [2.45, 2.75) is 26.3 Å². The number of carboxylic acids is 1. The number of ether oxygens (including phenoxy) is 1. The minimum atomic E-state index is -0.743. The van der Waals surface area contributed by atoms with Gasteiger partial charge in [0.15, 0.2) is 0 Å². The molecule has 0 bridgehead atoms. The largest absolute Gasteiger partial charge is 0.496 e.